The van der Waals surface area contributed by atoms with Gasteiger partial charge in [0.1, 0.15) is 41.1 Å². The quantitative estimate of drug-likeness (QED) is 0.153. The largest absolute Gasteiger partial charge is 0.490 e. The molecule has 2 aliphatic rings. The van der Waals surface area contributed by atoms with Crippen molar-refractivity contribution in [1.82, 2.24) is 25.2 Å². The van der Waals surface area contributed by atoms with Crippen molar-refractivity contribution >= 4 is 44.3 Å². The van der Waals surface area contributed by atoms with Crippen LogP contribution < -0.4 is 26.1 Å². The lowest BCUT2D eigenvalue weighted by Crippen LogP contribution is -2.43. The first-order chi connectivity index (χ1) is 19.6. The Balaban J connectivity index is 1.34. The number of nitrogen functional groups attached to an aromatic ring is 1. The van der Waals surface area contributed by atoms with Crippen LogP contribution in [0.4, 0.5) is 23.4 Å². The number of hydrogen-bond donors (Lipinski definition) is 3. The van der Waals surface area contributed by atoms with E-state index in [1.54, 1.807) is 12.1 Å². The van der Waals surface area contributed by atoms with Crippen molar-refractivity contribution in [3.05, 3.63) is 49.6 Å². The molecule has 4 heterocycles. The van der Waals surface area contributed by atoms with Crippen LogP contribution in [0, 0.1) is 5.82 Å². The highest BCUT2D eigenvalue weighted by molar-refractivity contribution is 9.10. The molecule has 3 aromatic rings. The fraction of sp³-hybridized carbons (Fsp3) is 0.500. The van der Waals surface area contributed by atoms with Crippen molar-refractivity contribution in [2.24, 2.45) is 0 Å². The summed E-state index contributed by atoms with van der Waals surface area (Å²) in [5.41, 5.74) is 4.69. The number of aromatic amines is 1. The van der Waals surface area contributed by atoms with Crippen LogP contribution in [0.3, 0.4) is 0 Å². The van der Waals surface area contributed by atoms with Gasteiger partial charge in [-0.2, -0.15) is 4.98 Å². The highest BCUT2D eigenvalue weighted by Crippen LogP contribution is 2.42. The zero-order valence-corrected chi connectivity index (χ0v) is 24.1. The first-order valence-electron chi connectivity index (χ1n) is 13.1. The molecule has 9 nitrogen and oxygen atoms in total. The predicted molar refractivity (Wildman–Crippen MR) is 149 cm³/mol. The Kier molecular flexibility index (Phi) is 8.92. The van der Waals surface area contributed by atoms with Crippen molar-refractivity contribution in [1.29, 1.82) is 0 Å². The first kappa shape index (κ1) is 29.8. The van der Waals surface area contributed by atoms with Crippen molar-refractivity contribution in [3.8, 4) is 11.8 Å². The number of hydrogen-bond acceptors (Lipinski definition) is 8. The second-order valence-corrected chi connectivity index (χ2v) is 11.4. The molecule has 0 bridgehead atoms. The minimum atomic E-state index is -2.61. The van der Waals surface area contributed by atoms with E-state index in [9.17, 15) is 18.0 Å². The van der Waals surface area contributed by atoms with E-state index in [1.165, 1.54) is 6.20 Å². The summed E-state index contributed by atoms with van der Waals surface area (Å²) in [5.74, 6) is -0.905. The minimum absolute atomic E-state index is 0.0548. The number of nitrogens with zero attached hydrogens (tertiary/aromatic N) is 3. The molecule has 4 N–H and O–H groups in total. The molecule has 5 rings (SSSR count). The second kappa shape index (κ2) is 12.3. The average Bonchev–Trinajstić information content (AvgIpc) is 3.45. The third-order valence-electron chi connectivity index (χ3n) is 7.56. The van der Waals surface area contributed by atoms with E-state index in [2.05, 4.69) is 36.2 Å². The van der Waals surface area contributed by atoms with Crippen LogP contribution >= 0.6 is 27.5 Å². The number of benzene rings is 1. The summed E-state index contributed by atoms with van der Waals surface area (Å²) in [6.45, 7) is 1.12. The van der Waals surface area contributed by atoms with Crippen molar-refractivity contribution < 1.29 is 27.0 Å². The Hall–Kier alpha value is -2.68. The minimum Gasteiger partial charge on any atom is -0.490 e. The maximum absolute atomic E-state index is 15.2. The first-order valence-corrected chi connectivity index (χ1v) is 14.2. The molecular formula is C26H28BrClF4N6O3. The van der Waals surface area contributed by atoms with Gasteiger partial charge in [-0.15, -0.1) is 0 Å². The second-order valence-electron chi connectivity index (χ2n) is 10.2. The van der Waals surface area contributed by atoms with Crippen molar-refractivity contribution in [3.63, 3.8) is 0 Å². The summed E-state index contributed by atoms with van der Waals surface area (Å²) < 4.78 is 67.2. The van der Waals surface area contributed by atoms with E-state index in [0.717, 1.165) is 19.4 Å². The van der Waals surface area contributed by atoms with Crippen molar-refractivity contribution in [2.75, 3.05) is 38.6 Å². The molecule has 1 aromatic carbocycles. The van der Waals surface area contributed by atoms with Gasteiger partial charge in [0, 0.05) is 43.7 Å². The van der Waals surface area contributed by atoms with Gasteiger partial charge >= 0.3 is 0 Å². The molecular weight excluding hydrogens is 636 g/mol. The number of nitrogens with one attached hydrogen (secondary N) is 2. The van der Waals surface area contributed by atoms with Gasteiger partial charge in [0.05, 0.1) is 10.0 Å². The van der Waals surface area contributed by atoms with Crippen LogP contribution in [0.5, 0.6) is 11.8 Å². The fourth-order valence-corrected chi connectivity index (χ4v) is 6.30. The third-order valence-corrected chi connectivity index (χ3v) is 8.89. The molecule has 0 amide bonds. The van der Waals surface area contributed by atoms with E-state index in [4.69, 9.17) is 26.8 Å². The smallest absolute Gasteiger partial charge is 0.297 e. The predicted octanol–water partition coefficient (Wildman–Crippen LogP) is 4.78. The number of H-pyrrole nitrogens is 1. The fourth-order valence-electron chi connectivity index (χ4n) is 5.70. The van der Waals surface area contributed by atoms with Gasteiger partial charge < -0.3 is 20.5 Å². The number of pyridine rings is 1. The summed E-state index contributed by atoms with van der Waals surface area (Å²) in [7, 11) is 0. The number of halogens is 6. The third kappa shape index (κ3) is 6.11. The van der Waals surface area contributed by atoms with Gasteiger partial charge in [0.25, 0.3) is 11.6 Å². The molecule has 2 fully saturated rings. The molecule has 2 aliphatic heterocycles. The number of anilines is 1. The summed E-state index contributed by atoms with van der Waals surface area (Å²) >= 11 is 9.41. The molecule has 0 saturated carbocycles. The zero-order chi connectivity index (χ0) is 29.3. The number of aromatic nitrogens is 3. The van der Waals surface area contributed by atoms with E-state index in [0.29, 0.717) is 18.5 Å². The Morgan fingerprint density at radius 3 is 2.93 bits per heavy atom. The van der Waals surface area contributed by atoms with Gasteiger partial charge in [-0.1, -0.05) is 17.7 Å². The highest BCUT2D eigenvalue weighted by Gasteiger charge is 2.49. The lowest BCUT2D eigenvalue weighted by molar-refractivity contribution is 0.107. The molecule has 41 heavy (non-hydrogen) atoms. The maximum atomic E-state index is 15.2. The van der Waals surface area contributed by atoms with Crippen LogP contribution in [0.2, 0.25) is 5.02 Å². The molecule has 0 radical (unpaired) electrons. The summed E-state index contributed by atoms with van der Waals surface area (Å²) in [6, 6.07) is 2.17. The molecule has 3 atom stereocenters. The van der Waals surface area contributed by atoms with Crippen LogP contribution in [0.1, 0.15) is 37.3 Å². The lowest BCUT2D eigenvalue weighted by atomic mass is 9.95. The standard InChI is InChI=1S/C26H28BrClF4N6O3/c27-18-19(28)22(40-8-6-34-15(9-16(30)31)14-3-1-5-35-23(14)33)17-21(20(18)32)36-25(37-24(17)39)41-12-26-4-2-7-38(26)11-13(29)10-26/h1,3,5,13,15-16,34H,2,4,6-12H2,(H2,33,35)(H,36,37,39)/t13-,15?,26+/m1/s1. The van der Waals surface area contributed by atoms with Gasteiger partial charge in [-0.05, 0) is 41.4 Å². The Bertz CT molecular complexity index is 1480. The summed E-state index contributed by atoms with van der Waals surface area (Å²) in [6.07, 6.45) is -0.648. The number of nitrogens with two attached hydrogens (primary N) is 1. The summed E-state index contributed by atoms with van der Waals surface area (Å²) in [5, 5.41) is 2.51. The number of rotatable bonds is 11. The Morgan fingerprint density at radius 1 is 1.37 bits per heavy atom. The Morgan fingerprint density at radius 2 is 2.17 bits per heavy atom. The monoisotopic (exact) mass is 662 g/mol. The average molecular weight is 664 g/mol. The molecule has 0 spiro atoms. The van der Waals surface area contributed by atoms with E-state index < -0.39 is 42.0 Å². The maximum Gasteiger partial charge on any atom is 0.297 e. The number of ether oxygens (including phenoxy) is 2. The SMILES string of the molecule is Nc1ncccc1C(CC(F)F)NCCOc1c(Cl)c(Br)c(F)c2nc(OC[C@@]34CCCN3C[C@H](F)C4)[nH]c(=O)c12. The normalized spacial score (nSPS) is 21.5. The highest BCUT2D eigenvalue weighted by atomic mass is 79.9. The van der Waals surface area contributed by atoms with Gasteiger partial charge in [0.2, 0.25) is 6.43 Å². The Labute approximate surface area is 245 Å². The lowest BCUT2D eigenvalue weighted by Gasteiger charge is -2.30. The summed E-state index contributed by atoms with van der Waals surface area (Å²) in [4.78, 5) is 25.8. The molecule has 15 heteroatoms. The van der Waals surface area contributed by atoms with Crippen LogP contribution in [0.15, 0.2) is 27.6 Å². The van der Waals surface area contributed by atoms with E-state index in [-0.39, 0.29) is 57.7 Å². The van der Waals surface area contributed by atoms with Gasteiger partial charge in [-0.3, -0.25) is 14.7 Å². The van der Waals surface area contributed by atoms with E-state index >= 15 is 4.39 Å². The van der Waals surface area contributed by atoms with Crippen LogP contribution in [-0.4, -0.2) is 70.8 Å². The zero-order valence-electron chi connectivity index (χ0n) is 21.7. The molecule has 2 aromatic heterocycles. The van der Waals surface area contributed by atoms with Crippen LogP contribution in [-0.2, 0) is 0 Å². The topological polar surface area (TPSA) is 118 Å². The molecule has 1 unspecified atom stereocenters. The number of fused-ring (bicyclic) bond motifs is 2. The molecule has 222 valence electrons. The molecule has 2 saturated heterocycles. The van der Waals surface area contributed by atoms with Gasteiger partial charge in [-0.25, -0.2) is 22.5 Å². The number of alkyl halides is 3. The van der Waals surface area contributed by atoms with Gasteiger partial charge in [0.15, 0.2) is 11.6 Å². The van der Waals surface area contributed by atoms with E-state index in [1.807, 2.05) is 4.90 Å². The molecule has 0 aliphatic carbocycles. The van der Waals surface area contributed by atoms with Crippen molar-refractivity contribution in [2.45, 2.75) is 49.9 Å². The van der Waals surface area contributed by atoms with Crippen LogP contribution in [0.25, 0.3) is 10.9 Å².